The monoisotopic (exact) mass is 220 g/mol. The molecule has 1 rings (SSSR count). The van der Waals surface area contributed by atoms with Crippen molar-refractivity contribution in [2.75, 3.05) is 7.05 Å². The van der Waals surface area contributed by atoms with Crippen molar-refractivity contribution in [2.24, 2.45) is 5.92 Å². The summed E-state index contributed by atoms with van der Waals surface area (Å²) in [4.78, 5) is 4.55. The predicted octanol–water partition coefficient (Wildman–Crippen LogP) is 3.34. The van der Waals surface area contributed by atoms with Crippen LogP contribution in [0.25, 0.3) is 0 Å². The van der Waals surface area contributed by atoms with Crippen LogP contribution in [0.15, 0.2) is 18.3 Å². The van der Waals surface area contributed by atoms with E-state index in [9.17, 15) is 0 Å². The largest absolute Gasteiger partial charge is 0.312 e. The maximum atomic E-state index is 4.55. The van der Waals surface area contributed by atoms with Gasteiger partial charge in [0.1, 0.15) is 0 Å². The third-order valence-electron chi connectivity index (χ3n) is 3.32. The van der Waals surface area contributed by atoms with Crippen LogP contribution in [0.4, 0.5) is 0 Å². The van der Waals surface area contributed by atoms with Crippen molar-refractivity contribution in [3.8, 4) is 0 Å². The van der Waals surface area contributed by atoms with Gasteiger partial charge in [-0.15, -0.1) is 0 Å². The van der Waals surface area contributed by atoms with Crippen LogP contribution in [0, 0.1) is 5.92 Å². The van der Waals surface area contributed by atoms with E-state index in [0.717, 1.165) is 18.8 Å². The Kier molecular flexibility index (Phi) is 5.47. The lowest BCUT2D eigenvalue weighted by atomic mass is 9.94. The second-order valence-electron chi connectivity index (χ2n) is 4.49. The van der Waals surface area contributed by atoms with Gasteiger partial charge in [-0.05, 0) is 37.4 Å². The Bertz CT molecular complexity index is 309. The Morgan fingerprint density at radius 1 is 1.38 bits per heavy atom. The first-order valence-corrected chi connectivity index (χ1v) is 6.33. The van der Waals surface area contributed by atoms with Crippen molar-refractivity contribution >= 4 is 0 Å². The van der Waals surface area contributed by atoms with Crippen molar-refractivity contribution in [1.82, 2.24) is 10.3 Å². The molecule has 1 N–H and O–H groups in total. The molecule has 90 valence electrons. The molecule has 0 aliphatic carbocycles. The molecule has 0 fully saturated rings. The first-order valence-electron chi connectivity index (χ1n) is 6.33. The van der Waals surface area contributed by atoms with Crippen LogP contribution in [0.1, 0.15) is 50.9 Å². The lowest BCUT2D eigenvalue weighted by Gasteiger charge is -2.21. The fourth-order valence-corrected chi connectivity index (χ4v) is 2.00. The normalized spacial score (nSPS) is 14.8. The summed E-state index contributed by atoms with van der Waals surface area (Å²) < 4.78 is 0. The van der Waals surface area contributed by atoms with E-state index in [2.05, 4.69) is 37.1 Å². The second-order valence-corrected chi connectivity index (χ2v) is 4.49. The van der Waals surface area contributed by atoms with Gasteiger partial charge in [-0.2, -0.15) is 0 Å². The zero-order valence-electron chi connectivity index (χ0n) is 11.0. The van der Waals surface area contributed by atoms with Crippen LogP contribution in [0.3, 0.4) is 0 Å². The zero-order chi connectivity index (χ0) is 12.0. The van der Waals surface area contributed by atoms with Crippen molar-refractivity contribution in [3.05, 3.63) is 29.6 Å². The summed E-state index contributed by atoms with van der Waals surface area (Å²) >= 11 is 0. The van der Waals surface area contributed by atoms with Gasteiger partial charge in [-0.1, -0.05) is 33.3 Å². The highest BCUT2D eigenvalue weighted by molar-refractivity contribution is 5.22. The van der Waals surface area contributed by atoms with Gasteiger partial charge in [-0.25, -0.2) is 0 Å². The highest BCUT2D eigenvalue weighted by Crippen LogP contribution is 2.23. The Balaban J connectivity index is 2.85. The molecule has 2 nitrogen and oxygen atoms in total. The standard InChI is InChI=1S/C14H24N2/c1-5-11(3)10-13(15-4)14-12(6-2)8-7-9-16-14/h7-9,11,13,15H,5-6,10H2,1-4H3. The third-order valence-corrected chi connectivity index (χ3v) is 3.32. The molecular formula is C14H24N2. The molecule has 0 saturated heterocycles. The molecular weight excluding hydrogens is 196 g/mol. The summed E-state index contributed by atoms with van der Waals surface area (Å²) in [5.41, 5.74) is 2.60. The minimum Gasteiger partial charge on any atom is -0.312 e. The van der Waals surface area contributed by atoms with Gasteiger partial charge in [0.05, 0.1) is 5.69 Å². The first-order chi connectivity index (χ1) is 7.72. The summed E-state index contributed by atoms with van der Waals surface area (Å²) in [5.74, 6) is 0.740. The summed E-state index contributed by atoms with van der Waals surface area (Å²) in [5, 5.41) is 3.40. The maximum Gasteiger partial charge on any atom is 0.0604 e. The molecule has 0 spiro atoms. The topological polar surface area (TPSA) is 24.9 Å². The number of nitrogens with one attached hydrogen (secondary N) is 1. The molecule has 2 atom stereocenters. The van der Waals surface area contributed by atoms with E-state index >= 15 is 0 Å². The summed E-state index contributed by atoms with van der Waals surface area (Å²) in [6.45, 7) is 6.74. The predicted molar refractivity (Wildman–Crippen MR) is 69.5 cm³/mol. The second kappa shape index (κ2) is 6.64. The molecule has 0 amide bonds. The molecule has 0 aliphatic rings. The molecule has 1 aromatic heterocycles. The van der Waals surface area contributed by atoms with E-state index in [4.69, 9.17) is 0 Å². The van der Waals surface area contributed by atoms with Crippen LogP contribution in [0.2, 0.25) is 0 Å². The molecule has 2 unspecified atom stereocenters. The van der Waals surface area contributed by atoms with Crippen LogP contribution < -0.4 is 5.32 Å². The van der Waals surface area contributed by atoms with Crippen LogP contribution in [-0.4, -0.2) is 12.0 Å². The Morgan fingerprint density at radius 2 is 2.12 bits per heavy atom. The third kappa shape index (κ3) is 3.31. The first kappa shape index (κ1) is 13.2. The van der Waals surface area contributed by atoms with Crippen molar-refractivity contribution < 1.29 is 0 Å². The Hall–Kier alpha value is -0.890. The molecule has 0 aliphatic heterocycles. The van der Waals surface area contributed by atoms with Gasteiger partial charge in [0.15, 0.2) is 0 Å². The van der Waals surface area contributed by atoms with Gasteiger partial charge in [0.25, 0.3) is 0 Å². The smallest absolute Gasteiger partial charge is 0.0604 e. The molecule has 0 saturated carbocycles. The summed E-state index contributed by atoms with van der Waals surface area (Å²) in [6, 6.07) is 4.60. The van der Waals surface area contributed by atoms with Crippen molar-refractivity contribution in [3.63, 3.8) is 0 Å². The van der Waals surface area contributed by atoms with E-state index in [-0.39, 0.29) is 0 Å². The van der Waals surface area contributed by atoms with E-state index < -0.39 is 0 Å². The van der Waals surface area contributed by atoms with Gasteiger partial charge in [-0.3, -0.25) is 4.98 Å². The number of pyridine rings is 1. The van der Waals surface area contributed by atoms with E-state index in [1.54, 1.807) is 0 Å². The van der Waals surface area contributed by atoms with Gasteiger partial charge in [0, 0.05) is 12.2 Å². The molecule has 1 aromatic rings. The lowest BCUT2D eigenvalue weighted by Crippen LogP contribution is -2.21. The number of nitrogens with zero attached hydrogens (tertiary/aromatic N) is 1. The number of hydrogen-bond donors (Lipinski definition) is 1. The molecule has 0 bridgehead atoms. The summed E-state index contributed by atoms with van der Waals surface area (Å²) in [6.07, 6.45) is 5.35. The average molecular weight is 220 g/mol. The quantitative estimate of drug-likeness (QED) is 0.795. The Morgan fingerprint density at radius 3 is 2.69 bits per heavy atom. The SMILES string of the molecule is CCc1cccnc1C(CC(C)CC)NC. The Labute approximate surface area is 99.5 Å². The number of aromatic nitrogens is 1. The molecule has 1 heterocycles. The van der Waals surface area contributed by atoms with E-state index in [1.165, 1.54) is 17.7 Å². The van der Waals surface area contributed by atoms with E-state index in [0.29, 0.717) is 6.04 Å². The van der Waals surface area contributed by atoms with Gasteiger partial charge in [0.2, 0.25) is 0 Å². The number of hydrogen-bond acceptors (Lipinski definition) is 2. The highest BCUT2D eigenvalue weighted by atomic mass is 14.9. The van der Waals surface area contributed by atoms with Gasteiger partial charge >= 0.3 is 0 Å². The van der Waals surface area contributed by atoms with Crippen molar-refractivity contribution in [2.45, 2.75) is 46.1 Å². The van der Waals surface area contributed by atoms with Crippen LogP contribution in [0.5, 0.6) is 0 Å². The molecule has 2 heteroatoms. The number of aryl methyl sites for hydroxylation is 1. The highest BCUT2D eigenvalue weighted by Gasteiger charge is 2.16. The fourth-order valence-electron chi connectivity index (χ4n) is 2.00. The minimum atomic E-state index is 0.395. The van der Waals surface area contributed by atoms with Crippen LogP contribution in [-0.2, 0) is 6.42 Å². The average Bonchev–Trinajstić information content (AvgIpc) is 2.35. The van der Waals surface area contributed by atoms with Crippen molar-refractivity contribution in [1.29, 1.82) is 0 Å². The lowest BCUT2D eigenvalue weighted by molar-refractivity contribution is 0.414. The number of rotatable bonds is 6. The zero-order valence-corrected chi connectivity index (χ0v) is 11.0. The molecule has 0 radical (unpaired) electrons. The van der Waals surface area contributed by atoms with Gasteiger partial charge < -0.3 is 5.32 Å². The molecule has 0 aromatic carbocycles. The fraction of sp³-hybridized carbons (Fsp3) is 0.643. The van der Waals surface area contributed by atoms with Crippen LogP contribution >= 0.6 is 0 Å². The maximum absolute atomic E-state index is 4.55. The van der Waals surface area contributed by atoms with E-state index in [1.807, 2.05) is 19.3 Å². The molecule has 16 heavy (non-hydrogen) atoms. The summed E-state index contributed by atoms with van der Waals surface area (Å²) in [7, 11) is 2.03. The minimum absolute atomic E-state index is 0.395.